The molecule has 90 valence electrons. The first-order valence-corrected chi connectivity index (χ1v) is 5.83. The van der Waals surface area contributed by atoms with E-state index in [1.54, 1.807) is 0 Å². The zero-order chi connectivity index (χ0) is 11.8. The van der Waals surface area contributed by atoms with Gasteiger partial charge in [-0.3, -0.25) is 4.79 Å². The molecule has 0 aromatic rings. The fourth-order valence-electron chi connectivity index (χ4n) is 1.30. The van der Waals surface area contributed by atoms with E-state index in [9.17, 15) is 4.79 Å². The number of carbonyl (C=O) groups is 1. The quantitative estimate of drug-likeness (QED) is 0.610. The molecular weight excluding hydrogens is 190 g/mol. The molecular formula is C12H25NO2. The molecule has 0 N–H and O–H groups in total. The SMILES string of the molecule is CCOC(=O)CC(C)N(C)CCC(C)C. The highest BCUT2D eigenvalue weighted by Gasteiger charge is 2.14. The zero-order valence-corrected chi connectivity index (χ0v) is 10.7. The van der Waals surface area contributed by atoms with Gasteiger partial charge in [-0.15, -0.1) is 0 Å². The first-order valence-electron chi connectivity index (χ1n) is 5.83. The average molecular weight is 215 g/mol. The van der Waals surface area contributed by atoms with Crippen LogP contribution in [0.3, 0.4) is 0 Å². The predicted molar refractivity (Wildman–Crippen MR) is 62.8 cm³/mol. The predicted octanol–water partition coefficient (Wildman–Crippen LogP) is 2.31. The molecule has 0 saturated carbocycles. The molecule has 0 aliphatic heterocycles. The lowest BCUT2D eigenvalue weighted by atomic mass is 10.1. The third-order valence-corrected chi connectivity index (χ3v) is 2.58. The van der Waals surface area contributed by atoms with E-state index in [0.29, 0.717) is 18.9 Å². The van der Waals surface area contributed by atoms with Crippen molar-refractivity contribution in [3.05, 3.63) is 0 Å². The average Bonchev–Trinajstić information content (AvgIpc) is 2.14. The van der Waals surface area contributed by atoms with Crippen molar-refractivity contribution in [3.63, 3.8) is 0 Å². The van der Waals surface area contributed by atoms with Crippen LogP contribution in [0, 0.1) is 5.92 Å². The number of rotatable bonds is 7. The van der Waals surface area contributed by atoms with Gasteiger partial charge in [-0.1, -0.05) is 13.8 Å². The van der Waals surface area contributed by atoms with E-state index < -0.39 is 0 Å². The minimum Gasteiger partial charge on any atom is -0.466 e. The first kappa shape index (κ1) is 14.4. The summed E-state index contributed by atoms with van der Waals surface area (Å²) in [5.41, 5.74) is 0. The Balaban J connectivity index is 3.77. The van der Waals surface area contributed by atoms with Crippen LogP contribution in [0.15, 0.2) is 0 Å². The Bertz CT molecular complexity index is 180. The lowest BCUT2D eigenvalue weighted by Crippen LogP contribution is -2.33. The number of nitrogens with zero attached hydrogens (tertiary/aromatic N) is 1. The van der Waals surface area contributed by atoms with Crippen LogP contribution < -0.4 is 0 Å². The number of hydrogen-bond acceptors (Lipinski definition) is 3. The first-order chi connectivity index (χ1) is 6.97. The van der Waals surface area contributed by atoms with Crippen LogP contribution in [0.5, 0.6) is 0 Å². The molecule has 0 spiro atoms. The summed E-state index contributed by atoms with van der Waals surface area (Å²) in [6.45, 7) is 9.84. The molecule has 0 aromatic heterocycles. The smallest absolute Gasteiger partial charge is 0.307 e. The van der Waals surface area contributed by atoms with Crippen molar-refractivity contribution < 1.29 is 9.53 Å². The third-order valence-electron chi connectivity index (χ3n) is 2.58. The van der Waals surface area contributed by atoms with E-state index in [1.807, 2.05) is 6.92 Å². The Hall–Kier alpha value is -0.570. The summed E-state index contributed by atoms with van der Waals surface area (Å²) in [6.07, 6.45) is 1.66. The summed E-state index contributed by atoms with van der Waals surface area (Å²) in [5.74, 6) is 0.614. The molecule has 0 saturated heterocycles. The Morgan fingerprint density at radius 3 is 2.40 bits per heavy atom. The highest BCUT2D eigenvalue weighted by Crippen LogP contribution is 2.07. The molecule has 1 atom stereocenters. The van der Waals surface area contributed by atoms with Crippen LogP contribution in [-0.4, -0.2) is 37.1 Å². The molecule has 3 heteroatoms. The van der Waals surface area contributed by atoms with Crippen LogP contribution in [0.2, 0.25) is 0 Å². The molecule has 3 nitrogen and oxygen atoms in total. The molecule has 0 radical (unpaired) electrons. The molecule has 0 aromatic carbocycles. The van der Waals surface area contributed by atoms with Crippen molar-refractivity contribution in [1.82, 2.24) is 4.90 Å². The molecule has 1 unspecified atom stereocenters. The van der Waals surface area contributed by atoms with E-state index in [0.717, 1.165) is 6.54 Å². The molecule has 0 heterocycles. The van der Waals surface area contributed by atoms with Crippen molar-refractivity contribution in [2.24, 2.45) is 5.92 Å². The summed E-state index contributed by atoms with van der Waals surface area (Å²) < 4.78 is 4.92. The minimum absolute atomic E-state index is 0.0959. The van der Waals surface area contributed by atoms with Gasteiger partial charge < -0.3 is 9.64 Å². The second kappa shape index (κ2) is 7.69. The van der Waals surface area contributed by atoms with E-state index in [4.69, 9.17) is 4.74 Å². The van der Waals surface area contributed by atoms with Gasteiger partial charge >= 0.3 is 5.97 Å². The molecule has 0 aliphatic carbocycles. The highest BCUT2D eigenvalue weighted by atomic mass is 16.5. The van der Waals surface area contributed by atoms with Crippen LogP contribution in [0.25, 0.3) is 0 Å². The summed E-state index contributed by atoms with van der Waals surface area (Å²) in [6, 6.07) is 0.266. The molecule has 0 fully saturated rings. The van der Waals surface area contributed by atoms with Gasteiger partial charge in [0.05, 0.1) is 13.0 Å². The zero-order valence-electron chi connectivity index (χ0n) is 10.7. The summed E-state index contributed by atoms with van der Waals surface area (Å²) in [7, 11) is 2.06. The summed E-state index contributed by atoms with van der Waals surface area (Å²) in [5, 5.41) is 0. The number of hydrogen-bond donors (Lipinski definition) is 0. The molecule has 0 amide bonds. The topological polar surface area (TPSA) is 29.5 Å². The van der Waals surface area contributed by atoms with E-state index in [2.05, 4.69) is 32.7 Å². The van der Waals surface area contributed by atoms with Crippen LogP contribution in [-0.2, 0) is 9.53 Å². The standard InChI is InChI=1S/C12H25NO2/c1-6-15-12(14)9-11(4)13(5)8-7-10(2)3/h10-11H,6-9H2,1-5H3. The normalized spacial score (nSPS) is 13.3. The molecule has 0 rings (SSSR count). The van der Waals surface area contributed by atoms with Gasteiger partial charge in [-0.05, 0) is 39.8 Å². The maximum Gasteiger partial charge on any atom is 0.307 e. The fourth-order valence-corrected chi connectivity index (χ4v) is 1.30. The van der Waals surface area contributed by atoms with Crippen molar-refractivity contribution >= 4 is 5.97 Å². The van der Waals surface area contributed by atoms with E-state index >= 15 is 0 Å². The number of carbonyl (C=O) groups excluding carboxylic acids is 1. The lowest BCUT2D eigenvalue weighted by molar-refractivity contribution is -0.144. The fraction of sp³-hybridized carbons (Fsp3) is 0.917. The Morgan fingerprint density at radius 1 is 1.33 bits per heavy atom. The molecule has 15 heavy (non-hydrogen) atoms. The lowest BCUT2D eigenvalue weighted by Gasteiger charge is -2.24. The van der Waals surface area contributed by atoms with Gasteiger partial charge in [-0.2, -0.15) is 0 Å². The van der Waals surface area contributed by atoms with Gasteiger partial charge in [0, 0.05) is 6.04 Å². The number of ether oxygens (including phenoxy) is 1. The van der Waals surface area contributed by atoms with Gasteiger partial charge in [0.15, 0.2) is 0 Å². The Morgan fingerprint density at radius 2 is 1.93 bits per heavy atom. The van der Waals surface area contributed by atoms with Gasteiger partial charge in [-0.25, -0.2) is 0 Å². The van der Waals surface area contributed by atoms with Crippen LogP contribution in [0.1, 0.15) is 40.5 Å². The van der Waals surface area contributed by atoms with Crippen molar-refractivity contribution in [2.75, 3.05) is 20.2 Å². The summed E-state index contributed by atoms with van der Waals surface area (Å²) in [4.78, 5) is 13.5. The third kappa shape index (κ3) is 7.37. The van der Waals surface area contributed by atoms with E-state index in [1.165, 1.54) is 6.42 Å². The Labute approximate surface area is 93.8 Å². The maximum atomic E-state index is 11.2. The van der Waals surface area contributed by atoms with Crippen molar-refractivity contribution in [2.45, 2.75) is 46.6 Å². The van der Waals surface area contributed by atoms with Gasteiger partial charge in [0.2, 0.25) is 0 Å². The van der Waals surface area contributed by atoms with Crippen LogP contribution in [0.4, 0.5) is 0 Å². The van der Waals surface area contributed by atoms with Gasteiger partial charge in [0.25, 0.3) is 0 Å². The molecule has 0 aliphatic rings. The largest absolute Gasteiger partial charge is 0.466 e. The van der Waals surface area contributed by atoms with E-state index in [-0.39, 0.29) is 12.0 Å². The Kier molecular flexibility index (Phi) is 7.39. The van der Waals surface area contributed by atoms with Gasteiger partial charge in [0.1, 0.15) is 0 Å². The maximum absolute atomic E-state index is 11.2. The second-order valence-corrected chi connectivity index (χ2v) is 4.52. The molecule has 0 bridgehead atoms. The van der Waals surface area contributed by atoms with Crippen molar-refractivity contribution in [1.29, 1.82) is 0 Å². The second-order valence-electron chi connectivity index (χ2n) is 4.52. The number of esters is 1. The van der Waals surface area contributed by atoms with Crippen molar-refractivity contribution in [3.8, 4) is 0 Å². The summed E-state index contributed by atoms with van der Waals surface area (Å²) >= 11 is 0. The monoisotopic (exact) mass is 215 g/mol. The minimum atomic E-state index is -0.0959. The van der Waals surface area contributed by atoms with Crippen LogP contribution >= 0.6 is 0 Å². The highest BCUT2D eigenvalue weighted by molar-refractivity contribution is 5.69.